The minimum atomic E-state index is -5.11. The lowest BCUT2D eigenvalue weighted by atomic mass is 10.1. The molecule has 0 amide bonds. The number of nitrogens with zero attached hydrogens (tertiary/aromatic N) is 1. The third-order valence-corrected chi connectivity index (χ3v) is 6.40. The second-order valence-electron chi connectivity index (χ2n) is 7.35. The molecule has 0 saturated carbocycles. The van der Waals surface area contributed by atoms with Crippen molar-refractivity contribution in [3.05, 3.63) is 72.7 Å². The number of para-hydroxylation sites is 1. The van der Waals surface area contributed by atoms with E-state index in [-0.39, 0.29) is 17.2 Å². The zero-order valence-electron chi connectivity index (χ0n) is 19.2. The van der Waals surface area contributed by atoms with E-state index in [4.69, 9.17) is 14.2 Å². The molecule has 0 aliphatic carbocycles. The number of hydrogen-bond donors (Lipinski definition) is 1. The highest BCUT2D eigenvalue weighted by Gasteiger charge is 2.34. The molecular weight excluding hydrogens is 520 g/mol. The van der Waals surface area contributed by atoms with Crippen molar-refractivity contribution in [2.24, 2.45) is 0 Å². The molecule has 1 heterocycles. The fourth-order valence-electron chi connectivity index (χ4n) is 3.45. The van der Waals surface area contributed by atoms with Crippen LogP contribution in [0.3, 0.4) is 0 Å². The minimum absolute atomic E-state index is 0.233. The Kier molecular flexibility index (Phi) is 6.99. The van der Waals surface area contributed by atoms with Gasteiger partial charge < -0.3 is 18.9 Å². The van der Waals surface area contributed by atoms with E-state index in [1.807, 2.05) is 4.72 Å². The van der Waals surface area contributed by atoms with Gasteiger partial charge in [-0.05, 0) is 42.5 Å². The molecule has 4 rings (SSSR count). The SMILES string of the molecule is COc1ccc2c(Oc3ccc(NS(=O)(=O)c4ccccc4OC(F)(F)F)cc3F)ccnc2c1OC. The average molecular weight is 538 g/mol. The number of methoxy groups -OCH3 is 2. The van der Waals surface area contributed by atoms with E-state index in [2.05, 4.69) is 9.72 Å². The number of benzene rings is 3. The maximum absolute atomic E-state index is 14.9. The van der Waals surface area contributed by atoms with E-state index in [1.54, 1.807) is 12.1 Å². The second-order valence-corrected chi connectivity index (χ2v) is 9.00. The van der Waals surface area contributed by atoms with Crippen LogP contribution >= 0.6 is 0 Å². The highest BCUT2D eigenvalue weighted by atomic mass is 32.2. The van der Waals surface area contributed by atoms with Gasteiger partial charge in [-0.1, -0.05) is 12.1 Å². The quantitative estimate of drug-likeness (QED) is 0.280. The number of sulfonamides is 1. The van der Waals surface area contributed by atoms with Gasteiger partial charge in [0.1, 0.15) is 21.9 Å². The van der Waals surface area contributed by atoms with Crippen LogP contribution in [0, 0.1) is 5.82 Å². The lowest BCUT2D eigenvalue weighted by molar-refractivity contribution is -0.275. The van der Waals surface area contributed by atoms with Crippen LogP contribution < -0.4 is 23.7 Å². The Balaban J connectivity index is 1.61. The number of rotatable bonds is 8. The van der Waals surface area contributed by atoms with Crippen LogP contribution in [-0.2, 0) is 10.0 Å². The molecule has 0 aliphatic heterocycles. The summed E-state index contributed by atoms with van der Waals surface area (Å²) in [6, 6.07) is 12.1. The van der Waals surface area contributed by atoms with Crippen molar-refractivity contribution in [3.8, 4) is 28.7 Å². The number of alkyl halides is 3. The molecule has 0 saturated heterocycles. The van der Waals surface area contributed by atoms with Crippen molar-refractivity contribution in [2.75, 3.05) is 18.9 Å². The molecule has 13 heteroatoms. The summed E-state index contributed by atoms with van der Waals surface area (Å²) in [5, 5.41) is 0.491. The Morgan fingerprint density at radius 1 is 0.865 bits per heavy atom. The third kappa shape index (κ3) is 5.61. The van der Waals surface area contributed by atoms with Gasteiger partial charge in [-0.2, -0.15) is 0 Å². The molecule has 0 aliphatic rings. The molecule has 0 unspecified atom stereocenters. The Morgan fingerprint density at radius 2 is 1.59 bits per heavy atom. The van der Waals surface area contributed by atoms with Crippen molar-refractivity contribution < 1.29 is 44.9 Å². The van der Waals surface area contributed by atoms with Crippen molar-refractivity contribution in [3.63, 3.8) is 0 Å². The van der Waals surface area contributed by atoms with Gasteiger partial charge in [0.2, 0.25) is 0 Å². The number of anilines is 1. The van der Waals surface area contributed by atoms with E-state index < -0.39 is 32.8 Å². The summed E-state index contributed by atoms with van der Waals surface area (Å²) < 4.78 is 100. The zero-order valence-corrected chi connectivity index (χ0v) is 20.0. The molecule has 0 spiro atoms. The van der Waals surface area contributed by atoms with Gasteiger partial charge in [-0.15, -0.1) is 13.2 Å². The number of aromatic nitrogens is 1. The van der Waals surface area contributed by atoms with Crippen molar-refractivity contribution >= 4 is 26.6 Å². The molecule has 37 heavy (non-hydrogen) atoms. The highest BCUT2D eigenvalue weighted by molar-refractivity contribution is 7.92. The first-order chi connectivity index (χ1) is 17.5. The Morgan fingerprint density at radius 3 is 2.27 bits per heavy atom. The van der Waals surface area contributed by atoms with Crippen molar-refractivity contribution in [1.29, 1.82) is 0 Å². The van der Waals surface area contributed by atoms with Crippen molar-refractivity contribution in [1.82, 2.24) is 4.98 Å². The number of hydrogen-bond acceptors (Lipinski definition) is 7. The Labute approximate surface area is 208 Å². The van der Waals surface area contributed by atoms with Crippen LogP contribution in [0.15, 0.2) is 71.8 Å². The average Bonchev–Trinajstić information content (AvgIpc) is 2.84. The van der Waals surface area contributed by atoms with Gasteiger partial charge in [0.05, 0.1) is 19.9 Å². The molecule has 194 valence electrons. The first kappa shape index (κ1) is 25.8. The van der Waals surface area contributed by atoms with Gasteiger partial charge in [-0.25, -0.2) is 12.8 Å². The van der Waals surface area contributed by atoms with E-state index in [9.17, 15) is 26.0 Å². The predicted molar refractivity (Wildman–Crippen MR) is 125 cm³/mol. The van der Waals surface area contributed by atoms with E-state index in [0.29, 0.717) is 22.4 Å². The standard InChI is InChI=1S/C24H18F4N2O6S/c1-33-20-10-8-15-17(11-12-29-22(15)23(20)34-2)35-18-9-7-14(13-16(18)25)30-37(31,32)21-6-4-3-5-19(21)36-24(26,27)28/h3-13,30H,1-2H3. The molecule has 0 radical (unpaired) electrons. The number of fused-ring (bicyclic) bond motifs is 1. The largest absolute Gasteiger partial charge is 0.573 e. The van der Waals surface area contributed by atoms with Crippen LogP contribution in [-0.4, -0.2) is 34.0 Å². The summed E-state index contributed by atoms with van der Waals surface area (Å²) in [5.74, 6) is -1.09. The number of halogens is 4. The Bertz CT molecular complexity index is 1560. The fourth-order valence-corrected chi connectivity index (χ4v) is 4.63. The second kappa shape index (κ2) is 10.0. The molecule has 0 bridgehead atoms. The van der Waals surface area contributed by atoms with Gasteiger partial charge in [0.25, 0.3) is 10.0 Å². The smallest absolute Gasteiger partial charge is 0.493 e. The molecule has 0 fully saturated rings. The lowest BCUT2D eigenvalue weighted by Gasteiger charge is -2.15. The summed E-state index contributed by atoms with van der Waals surface area (Å²) in [4.78, 5) is 3.48. The molecular formula is C24H18F4N2O6S. The number of pyridine rings is 1. The van der Waals surface area contributed by atoms with Crippen LogP contribution in [0.2, 0.25) is 0 Å². The summed E-state index contributed by atoms with van der Waals surface area (Å²) in [6.07, 6.45) is -3.68. The highest BCUT2D eigenvalue weighted by Crippen LogP contribution is 2.39. The first-order valence-corrected chi connectivity index (χ1v) is 11.9. The van der Waals surface area contributed by atoms with E-state index >= 15 is 0 Å². The number of nitrogens with one attached hydrogen (secondary N) is 1. The summed E-state index contributed by atoms with van der Waals surface area (Å²) in [5.41, 5.74) is 0.154. The van der Waals surface area contributed by atoms with Crippen LogP contribution in [0.4, 0.5) is 23.2 Å². The zero-order chi connectivity index (χ0) is 26.8. The van der Waals surface area contributed by atoms with Crippen LogP contribution in [0.5, 0.6) is 28.7 Å². The molecule has 8 nitrogen and oxygen atoms in total. The normalized spacial score (nSPS) is 11.7. The molecule has 0 atom stereocenters. The van der Waals surface area contributed by atoms with Crippen LogP contribution in [0.1, 0.15) is 0 Å². The maximum atomic E-state index is 14.9. The Hall–Kier alpha value is -4.26. The van der Waals surface area contributed by atoms with Crippen molar-refractivity contribution in [2.45, 2.75) is 11.3 Å². The molecule has 1 aromatic heterocycles. The summed E-state index contributed by atoms with van der Waals surface area (Å²) in [7, 11) is -1.65. The van der Waals surface area contributed by atoms with Gasteiger partial charge in [0, 0.05) is 17.6 Å². The van der Waals surface area contributed by atoms with Gasteiger partial charge in [-0.3, -0.25) is 9.71 Å². The first-order valence-electron chi connectivity index (χ1n) is 10.4. The monoisotopic (exact) mass is 538 g/mol. The minimum Gasteiger partial charge on any atom is -0.493 e. The molecule has 1 N–H and O–H groups in total. The third-order valence-electron chi connectivity index (χ3n) is 4.98. The maximum Gasteiger partial charge on any atom is 0.573 e. The van der Waals surface area contributed by atoms with Gasteiger partial charge >= 0.3 is 6.36 Å². The van der Waals surface area contributed by atoms with Crippen LogP contribution in [0.25, 0.3) is 10.9 Å². The number of ether oxygens (including phenoxy) is 4. The fraction of sp³-hybridized carbons (Fsp3) is 0.125. The molecule has 4 aromatic rings. The van der Waals surface area contributed by atoms with Gasteiger partial charge in [0.15, 0.2) is 23.1 Å². The van der Waals surface area contributed by atoms with E-state index in [1.165, 1.54) is 50.7 Å². The topological polar surface area (TPSA) is 96.0 Å². The molecule has 3 aromatic carbocycles. The van der Waals surface area contributed by atoms with E-state index in [0.717, 1.165) is 18.2 Å². The summed E-state index contributed by atoms with van der Waals surface area (Å²) in [6.45, 7) is 0. The lowest BCUT2D eigenvalue weighted by Crippen LogP contribution is -2.20. The predicted octanol–water partition coefficient (Wildman–Crippen LogP) is 5.88. The summed E-state index contributed by atoms with van der Waals surface area (Å²) >= 11 is 0.